The molecule has 0 N–H and O–H groups in total. The third kappa shape index (κ3) is 3.81. The van der Waals surface area contributed by atoms with Crippen molar-refractivity contribution in [2.24, 2.45) is 0 Å². The lowest BCUT2D eigenvalue weighted by Gasteiger charge is -2.12. The molecule has 0 bridgehead atoms. The van der Waals surface area contributed by atoms with Gasteiger partial charge in [-0.15, -0.1) is 0 Å². The molecule has 45 heavy (non-hydrogen) atoms. The lowest BCUT2D eigenvalue weighted by molar-refractivity contribution is 0.622. The van der Waals surface area contributed by atoms with Gasteiger partial charge in [0.2, 0.25) is 0 Å². The maximum absolute atomic E-state index is 9.79. The Morgan fingerprint density at radius 1 is 0.578 bits per heavy atom. The predicted octanol–water partition coefficient (Wildman–Crippen LogP) is 10.5. The van der Waals surface area contributed by atoms with Gasteiger partial charge in [-0.25, -0.2) is 0 Å². The maximum atomic E-state index is 9.79. The lowest BCUT2D eigenvalue weighted by atomic mass is 9.92. The van der Waals surface area contributed by atoms with E-state index >= 15 is 0 Å². The Hall–Kier alpha value is -5.92. The van der Waals surface area contributed by atoms with Gasteiger partial charge in [-0.05, 0) is 104 Å². The van der Waals surface area contributed by atoms with Gasteiger partial charge in [-0.3, -0.25) is 4.68 Å². The number of aryl methyl sites for hydroxylation is 1. The summed E-state index contributed by atoms with van der Waals surface area (Å²) in [6.45, 7) is 3.07. The summed E-state index contributed by atoms with van der Waals surface area (Å²) in [6.07, 6.45) is 3.00. The summed E-state index contributed by atoms with van der Waals surface area (Å²) >= 11 is 0. The van der Waals surface area contributed by atoms with Crippen LogP contribution < -0.4 is 0 Å². The fourth-order valence-electron chi connectivity index (χ4n) is 7.24. The van der Waals surface area contributed by atoms with Crippen LogP contribution in [0.2, 0.25) is 0 Å². The van der Waals surface area contributed by atoms with Gasteiger partial charge in [-0.1, -0.05) is 73.7 Å². The van der Waals surface area contributed by atoms with Gasteiger partial charge in [0.15, 0.2) is 0 Å². The van der Waals surface area contributed by atoms with Crippen molar-refractivity contribution in [3.05, 3.63) is 133 Å². The molecule has 212 valence electrons. The molecule has 0 radical (unpaired) electrons. The highest BCUT2D eigenvalue weighted by molar-refractivity contribution is 6.25. The minimum atomic E-state index is 0.660. The van der Waals surface area contributed by atoms with E-state index in [0.29, 0.717) is 5.56 Å². The van der Waals surface area contributed by atoms with Crippen LogP contribution in [0, 0.1) is 11.3 Å². The van der Waals surface area contributed by atoms with E-state index in [1.807, 2.05) is 18.3 Å². The second-order valence-electron chi connectivity index (χ2n) is 11.9. The molecule has 4 heteroatoms. The summed E-state index contributed by atoms with van der Waals surface area (Å²) in [6, 6.07) is 45.9. The van der Waals surface area contributed by atoms with Gasteiger partial charge in [-0.2, -0.15) is 10.4 Å². The molecular weight excluding hydrogens is 548 g/mol. The molecule has 2 heterocycles. The quantitative estimate of drug-likeness (QED) is 0.196. The Morgan fingerprint density at radius 2 is 1.16 bits per heavy atom. The van der Waals surface area contributed by atoms with Crippen molar-refractivity contribution in [1.29, 1.82) is 5.26 Å². The fourth-order valence-corrected chi connectivity index (χ4v) is 7.24. The lowest BCUT2D eigenvalue weighted by Crippen LogP contribution is -1.98. The summed E-state index contributed by atoms with van der Waals surface area (Å²) in [5, 5.41) is 25.4. The predicted molar refractivity (Wildman–Crippen MR) is 187 cm³/mol. The van der Waals surface area contributed by atoms with E-state index < -0.39 is 0 Å². The van der Waals surface area contributed by atoms with Crippen molar-refractivity contribution in [3.8, 4) is 22.9 Å². The molecule has 9 rings (SSSR count). The van der Waals surface area contributed by atoms with Crippen LogP contribution in [0.15, 0.2) is 128 Å². The molecule has 0 saturated heterocycles. The second kappa shape index (κ2) is 9.80. The molecule has 0 amide bonds. The SMILES string of the molecule is CCCn1ncc2cc(-n3c4ccc(C#N)cc4c4cc(-c5ccc6c7ccccc7c7ccccc7c6c5)ccc43)ccc21. The summed E-state index contributed by atoms with van der Waals surface area (Å²) in [5.41, 5.74) is 7.41. The number of nitrogens with zero attached hydrogens (tertiary/aromatic N) is 4. The Kier molecular flexibility index (Phi) is 5.57. The van der Waals surface area contributed by atoms with Crippen LogP contribution in [-0.4, -0.2) is 14.3 Å². The van der Waals surface area contributed by atoms with Crippen LogP contribution in [-0.2, 0) is 6.54 Å². The summed E-state index contributed by atoms with van der Waals surface area (Å²) < 4.78 is 4.39. The molecule has 0 spiro atoms. The monoisotopic (exact) mass is 576 g/mol. The van der Waals surface area contributed by atoms with Gasteiger partial charge in [0.1, 0.15) is 0 Å². The molecule has 0 aliphatic heterocycles. The van der Waals surface area contributed by atoms with Crippen molar-refractivity contribution >= 4 is 65.0 Å². The van der Waals surface area contributed by atoms with E-state index in [2.05, 4.69) is 137 Å². The topological polar surface area (TPSA) is 46.5 Å². The fraction of sp³-hybridized carbons (Fsp3) is 0.0732. The van der Waals surface area contributed by atoms with Crippen LogP contribution in [0.3, 0.4) is 0 Å². The zero-order chi connectivity index (χ0) is 30.1. The van der Waals surface area contributed by atoms with Crippen molar-refractivity contribution in [2.75, 3.05) is 0 Å². The average Bonchev–Trinajstić information content (AvgIpc) is 3.65. The van der Waals surface area contributed by atoms with Gasteiger partial charge >= 0.3 is 0 Å². The minimum absolute atomic E-state index is 0.660. The summed E-state index contributed by atoms with van der Waals surface area (Å²) in [4.78, 5) is 0. The van der Waals surface area contributed by atoms with E-state index in [0.717, 1.165) is 56.9 Å². The molecular formula is C41H28N4. The van der Waals surface area contributed by atoms with Gasteiger partial charge in [0, 0.05) is 28.4 Å². The van der Waals surface area contributed by atoms with Crippen molar-refractivity contribution in [1.82, 2.24) is 14.3 Å². The zero-order valence-corrected chi connectivity index (χ0v) is 24.8. The highest BCUT2D eigenvalue weighted by atomic mass is 15.3. The molecule has 2 aromatic heterocycles. The minimum Gasteiger partial charge on any atom is -0.309 e. The van der Waals surface area contributed by atoms with E-state index in [1.165, 1.54) is 37.9 Å². The van der Waals surface area contributed by atoms with Crippen molar-refractivity contribution in [2.45, 2.75) is 19.9 Å². The highest BCUT2D eigenvalue weighted by Crippen LogP contribution is 2.39. The largest absolute Gasteiger partial charge is 0.309 e. The van der Waals surface area contributed by atoms with Crippen LogP contribution in [0.4, 0.5) is 0 Å². The Balaban J connectivity index is 1.27. The Morgan fingerprint density at radius 3 is 1.84 bits per heavy atom. The first-order chi connectivity index (χ1) is 22.2. The summed E-state index contributed by atoms with van der Waals surface area (Å²) in [7, 11) is 0. The molecule has 0 unspecified atom stereocenters. The standard InChI is InChI=1S/C41H28N4/c1-2-19-44-39-18-14-30(21-29(39)25-43-44)45-40-16-11-26(24-42)20-37(40)38-23-28(13-17-41(38)45)27-12-15-35-33-9-4-3-7-31(33)32-8-5-6-10-34(32)36(35)22-27/h3-18,20-23,25H,2,19H2,1H3. The normalized spacial score (nSPS) is 11.8. The number of aromatic nitrogens is 3. The molecule has 7 aromatic carbocycles. The number of hydrogen-bond acceptors (Lipinski definition) is 2. The first-order valence-corrected chi connectivity index (χ1v) is 15.5. The Bertz CT molecular complexity index is 2650. The molecule has 0 saturated carbocycles. The molecule has 0 aliphatic rings. The van der Waals surface area contributed by atoms with E-state index in [-0.39, 0.29) is 0 Å². The average molecular weight is 577 g/mol. The number of nitriles is 1. The third-order valence-electron chi connectivity index (χ3n) is 9.29. The number of benzene rings is 7. The highest BCUT2D eigenvalue weighted by Gasteiger charge is 2.16. The van der Waals surface area contributed by atoms with Crippen LogP contribution in [0.5, 0.6) is 0 Å². The molecule has 4 nitrogen and oxygen atoms in total. The number of rotatable bonds is 4. The van der Waals surface area contributed by atoms with E-state index in [9.17, 15) is 5.26 Å². The van der Waals surface area contributed by atoms with Crippen LogP contribution in [0.1, 0.15) is 18.9 Å². The molecule has 0 atom stereocenters. The number of hydrogen-bond donors (Lipinski definition) is 0. The van der Waals surface area contributed by atoms with Gasteiger partial charge in [0.25, 0.3) is 0 Å². The summed E-state index contributed by atoms with van der Waals surface area (Å²) in [5.74, 6) is 0. The Labute approximate surface area is 260 Å². The van der Waals surface area contributed by atoms with Crippen molar-refractivity contribution < 1.29 is 0 Å². The first-order valence-electron chi connectivity index (χ1n) is 15.5. The third-order valence-corrected chi connectivity index (χ3v) is 9.29. The smallest absolute Gasteiger partial charge is 0.0991 e. The first kappa shape index (κ1) is 25.6. The van der Waals surface area contributed by atoms with Gasteiger partial charge in [0.05, 0.1) is 34.4 Å². The molecule has 0 fully saturated rings. The zero-order valence-electron chi connectivity index (χ0n) is 24.8. The number of fused-ring (bicyclic) bond motifs is 10. The maximum Gasteiger partial charge on any atom is 0.0991 e. The van der Waals surface area contributed by atoms with Crippen molar-refractivity contribution in [3.63, 3.8) is 0 Å². The van der Waals surface area contributed by atoms with Crippen LogP contribution >= 0.6 is 0 Å². The van der Waals surface area contributed by atoms with E-state index in [4.69, 9.17) is 0 Å². The van der Waals surface area contributed by atoms with E-state index in [1.54, 1.807) is 0 Å². The van der Waals surface area contributed by atoms with Crippen LogP contribution in [0.25, 0.3) is 81.8 Å². The second-order valence-corrected chi connectivity index (χ2v) is 11.9. The van der Waals surface area contributed by atoms with Gasteiger partial charge < -0.3 is 4.57 Å². The molecule has 9 aromatic rings. The molecule has 0 aliphatic carbocycles.